The molecule has 1 saturated heterocycles. The SMILES string of the molecule is Cc1cc(C)n(-c2ccc(C(=O)N3CC(n4nc(C)nc4C)C3)cc2)n1. The Morgan fingerprint density at radius 3 is 2.27 bits per heavy atom. The number of carbonyl (C=O) groups excluding carboxylic acids is 1. The van der Waals surface area contributed by atoms with Crippen LogP contribution >= 0.6 is 0 Å². The van der Waals surface area contributed by atoms with Crippen LogP contribution in [0.2, 0.25) is 0 Å². The first-order chi connectivity index (χ1) is 12.4. The smallest absolute Gasteiger partial charge is 0.254 e. The highest BCUT2D eigenvalue weighted by atomic mass is 16.2. The number of benzene rings is 1. The van der Waals surface area contributed by atoms with E-state index in [9.17, 15) is 4.79 Å². The monoisotopic (exact) mass is 350 g/mol. The van der Waals surface area contributed by atoms with Gasteiger partial charge in [0.15, 0.2) is 0 Å². The van der Waals surface area contributed by atoms with E-state index in [1.54, 1.807) is 0 Å². The Morgan fingerprint density at radius 1 is 1.04 bits per heavy atom. The highest BCUT2D eigenvalue weighted by Crippen LogP contribution is 2.24. The lowest BCUT2D eigenvalue weighted by Gasteiger charge is -2.39. The molecular formula is C19H22N6O. The van der Waals surface area contributed by atoms with Crippen LogP contribution in [-0.2, 0) is 0 Å². The second-order valence-corrected chi connectivity index (χ2v) is 6.90. The van der Waals surface area contributed by atoms with Crippen molar-refractivity contribution in [3.8, 4) is 5.69 Å². The van der Waals surface area contributed by atoms with Crippen LogP contribution in [0.5, 0.6) is 0 Å². The molecule has 26 heavy (non-hydrogen) atoms. The predicted molar refractivity (Wildman–Crippen MR) is 97.5 cm³/mol. The molecule has 0 N–H and O–H groups in total. The summed E-state index contributed by atoms with van der Waals surface area (Å²) in [6.45, 7) is 9.16. The summed E-state index contributed by atoms with van der Waals surface area (Å²) in [5.74, 6) is 1.72. The maximum Gasteiger partial charge on any atom is 0.254 e. The van der Waals surface area contributed by atoms with Crippen LogP contribution in [0.4, 0.5) is 0 Å². The average Bonchev–Trinajstić information content (AvgIpc) is 3.07. The molecule has 7 nitrogen and oxygen atoms in total. The summed E-state index contributed by atoms with van der Waals surface area (Å²) in [7, 11) is 0. The first-order valence-corrected chi connectivity index (χ1v) is 8.75. The van der Waals surface area contributed by atoms with E-state index < -0.39 is 0 Å². The van der Waals surface area contributed by atoms with Crippen molar-refractivity contribution in [1.82, 2.24) is 29.4 Å². The molecule has 0 bridgehead atoms. The number of hydrogen-bond acceptors (Lipinski definition) is 4. The van der Waals surface area contributed by atoms with Gasteiger partial charge < -0.3 is 4.90 Å². The zero-order valence-electron chi connectivity index (χ0n) is 15.5. The number of likely N-dealkylation sites (tertiary alicyclic amines) is 1. The van der Waals surface area contributed by atoms with Crippen molar-refractivity contribution in [3.05, 3.63) is 58.9 Å². The van der Waals surface area contributed by atoms with Gasteiger partial charge in [-0.3, -0.25) is 4.79 Å². The minimum Gasteiger partial charge on any atom is -0.334 e. The second kappa shape index (κ2) is 6.09. The van der Waals surface area contributed by atoms with E-state index in [4.69, 9.17) is 0 Å². The number of amides is 1. The third-order valence-corrected chi connectivity index (χ3v) is 4.77. The molecule has 0 saturated carbocycles. The van der Waals surface area contributed by atoms with Crippen molar-refractivity contribution in [3.63, 3.8) is 0 Å². The molecule has 1 fully saturated rings. The average molecular weight is 350 g/mol. The molecule has 1 amide bonds. The van der Waals surface area contributed by atoms with Crippen LogP contribution < -0.4 is 0 Å². The van der Waals surface area contributed by atoms with Crippen LogP contribution in [0.25, 0.3) is 5.69 Å². The summed E-state index contributed by atoms with van der Waals surface area (Å²) in [5, 5.41) is 8.89. The minimum atomic E-state index is 0.0515. The lowest BCUT2D eigenvalue weighted by molar-refractivity contribution is 0.0497. The molecule has 1 aliphatic rings. The van der Waals surface area contributed by atoms with Crippen LogP contribution in [0.15, 0.2) is 30.3 Å². The van der Waals surface area contributed by atoms with Gasteiger partial charge in [-0.25, -0.2) is 14.3 Å². The van der Waals surface area contributed by atoms with E-state index in [2.05, 4.69) is 15.2 Å². The maximum absolute atomic E-state index is 12.7. The van der Waals surface area contributed by atoms with Gasteiger partial charge in [-0.15, -0.1) is 0 Å². The predicted octanol–water partition coefficient (Wildman–Crippen LogP) is 2.39. The van der Waals surface area contributed by atoms with Crippen LogP contribution in [0, 0.1) is 27.7 Å². The molecule has 0 radical (unpaired) electrons. The van der Waals surface area contributed by atoms with Crippen molar-refractivity contribution in [2.45, 2.75) is 33.7 Å². The van der Waals surface area contributed by atoms with Crippen molar-refractivity contribution < 1.29 is 4.79 Å². The van der Waals surface area contributed by atoms with Gasteiger partial charge >= 0.3 is 0 Å². The standard InChI is InChI=1S/C19H22N6O/c1-12-9-13(2)24(21-12)17-7-5-16(6-8-17)19(26)23-10-18(11-23)25-15(4)20-14(3)22-25/h5-9,18H,10-11H2,1-4H3. The quantitative estimate of drug-likeness (QED) is 0.727. The number of rotatable bonds is 3. The van der Waals surface area contributed by atoms with Gasteiger partial charge in [0.2, 0.25) is 0 Å². The second-order valence-electron chi connectivity index (χ2n) is 6.90. The molecule has 134 valence electrons. The molecule has 0 unspecified atom stereocenters. The fourth-order valence-corrected chi connectivity index (χ4v) is 3.48. The Bertz CT molecular complexity index is 963. The number of aryl methyl sites for hydroxylation is 4. The van der Waals surface area contributed by atoms with Crippen LogP contribution in [0.3, 0.4) is 0 Å². The fourth-order valence-electron chi connectivity index (χ4n) is 3.48. The number of carbonyl (C=O) groups is 1. The van der Waals surface area contributed by atoms with Gasteiger partial charge in [-0.05, 0) is 58.0 Å². The first kappa shape index (κ1) is 16.5. The van der Waals surface area contributed by atoms with Gasteiger partial charge in [0.25, 0.3) is 5.91 Å². The Labute approximate surface area is 152 Å². The molecule has 7 heteroatoms. The van der Waals surface area contributed by atoms with E-state index in [1.807, 2.05) is 72.3 Å². The molecule has 3 heterocycles. The number of hydrogen-bond donors (Lipinski definition) is 0. The van der Waals surface area contributed by atoms with E-state index >= 15 is 0 Å². The summed E-state index contributed by atoms with van der Waals surface area (Å²) in [5.41, 5.74) is 3.71. The van der Waals surface area contributed by atoms with Gasteiger partial charge in [0.1, 0.15) is 11.6 Å². The molecule has 1 aliphatic heterocycles. The van der Waals surface area contributed by atoms with E-state index in [1.165, 1.54) is 0 Å². The fraction of sp³-hybridized carbons (Fsp3) is 0.368. The third-order valence-electron chi connectivity index (χ3n) is 4.77. The third kappa shape index (κ3) is 2.79. The molecule has 2 aromatic heterocycles. The van der Waals surface area contributed by atoms with Crippen LogP contribution in [0.1, 0.15) is 39.4 Å². The zero-order valence-corrected chi connectivity index (χ0v) is 15.5. The topological polar surface area (TPSA) is 68.8 Å². The molecule has 0 atom stereocenters. The Balaban J connectivity index is 1.45. The molecule has 0 aliphatic carbocycles. The van der Waals surface area contributed by atoms with E-state index in [0.717, 1.165) is 28.7 Å². The number of nitrogens with zero attached hydrogens (tertiary/aromatic N) is 6. The zero-order chi connectivity index (χ0) is 18.4. The van der Waals surface area contributed by atoms with Crippen LogP contribution in [-0.4, -0.2) is 48.4 Å². The van der Waals surface area contributed by atoms with Gasteiger partial charge in [-0.1, -0.05) is 0 Å². The van der Waals surface area contributed by atoms with Crippen molar-refractivity contribution in [2.24, 2.45) is 0 Å². The highest BCUT2D eigenvalue weighted by molar-refractivity contribution is 5.95. The lowest BCUT2D eigenvalue weighted by atomic mass is 10.1. The van der Waals surface area contributed by atoms with Crippen molar-refractivity contribution >= 4 is 5.91 Å². The Hall–Kier alpha value is -2.96. The van der Waals surface area contributed by atoms with E-state index in [-0.39, 0.29) is 11.9 Å². The summed E-state index contributed by atoms with van der Waals surface area (Å²) in [6.07, 6.45) is 0. The van der Waals surface area contributed by atoms with Crippen molar-refractivity contribution in [2.75, 3.05) is 13.1 Å². The van der Waals surface area contributed by atoms with Crippen molar-refractivity contribution in [1.29, 1.82) is 0 Å². The minimum absolute atomic E-state index is 0.0515. The van der Waals surface area contributed by atoms with Gasteiger partial charge in [-0.2, -0.15) is 10.2 Å². The summed E-state index contributed by atoms with van der Waals surface area (Å²) in [4.78, 5) is 18.8. The lowest BCUT2D eigenvalue weighted by Crippen LogP contribution is -2.51. The van der Waals surface area contributed by atoms with E-state index in [0.29, 0.717) is 18.7 Å². The molecule has 4 rings (SSSR count). The largest absolute Gasteiger partial charge is 0.334 e. The number of aromatic nitrogens is 5. The molecule has 1 aromatic carbocycles. The van der Waals surface area contributed by atoms with Gasteiger partial charge in [0.05, 0.1) is 17.4 Å². The Morgan fingerprint density at radius 2 is 1.73 bits per heavy atom. The molecule has 0 spiro atoms. The van der Waals surface area contributed by atoms with Gasteiger partial charge in [0, 0.05) is 24.3 Å². The summed E-state index contributed by atoms with van der Waals surface area (Å²) >= 11 is 0. The molecular weight excluding hydrogens is 328 g/mol. The summed E-state index contributed by atoms with van der Waals surface area (Å²) < 4.78 is 3.81. The highest BCUT2D eigenvalue weighted by Gasteiger charge is 2.34. The molecule has 3 aromatic rings. The maximum atomic E-state index is 12.7. The summed E-state index contributed by atoms with van der Waals surface area (Å²) in [6, 6.07) is 9.87. The normalized spacial score (nSPS) is 14.5. The Kier molecular flexibility index (Phi) is 3.86. The first-order valence-electron chi connectivity index (χ1n) is 8.75.